The molecule has 3 aromatic carbocycles. The lowest BCUT2D eigenvalue weighted by atomic mass is 10.2. The fourth-order valence-corrected chi connectivity index (χ4v) is 3.47. The minimum atomic E-state index is -3.53. The van der Waals surface area contributed by atoms with E-state index >= 15 is 0 Å². The normalized spacial score (nSPS) is 11.1. The Morgan fingerprint density at radius 3 is 2.43 bits per heavy atom. The van der Waals surface area contributed by atoms with Crippen LogP contribution in [0.2, 0.25) is 0 Å². The van der Waals surface area contributed by atoms with Crippen LogP contribution in [0.25, 0.3) is 0 Å². The molecule has 1 amide bonds. The van der Waals surface area contributed by atoms with E-state index in [0.29, 0.717) is 11.4 Å². The van der Waals surface area contributed by atoms with Crippen LogP contribution in [0.5, 0.6) is 5.75 Å². The molecule has 3 rings (SSSR count). The monoisotopic (exact) mass is 399 g/mol. The van der Waals surface area contributed by atoms with Crippen LogP contribution in [0.4, 0.5) is 10.1 Å². The Hall–Kier alpha value is -3.19. The van der Waals surface area contributed by atoms with Gasteiger partial charge in [-0.05, 0) is 42.0 Å². The summed E-state index contributed by atoms with van der Waals surface area (Å²) in [7, 11) is -3.53. The molecule has 0 aliphatic carbocycles. The van der Waals surface area contributed by atoms with Gasteiger partial charge in [-0.15, -0.1) is 0 Å². The second kappa shape index (κ2) is 8.22. The molecule has 28 heavy (non-hydrogen) atoms. The zero-order valence-corrected chi connectivity index (χ0v) is 15.9. The van der Waals surface area contributed by atoms with E-state index in [4.69, 9.17) is 4.74 Å². The van der Waals surface area contributed by atoms with Crippen LogP contribution in [0.3, 0.4) is 0 Å². The molecule has 0 heterocycles. The first-order valence-corrected chi connectivity index (χ1v) is 10.3. The summed E-state index contributed by atoms with van der Waals surface area (Å²) in [5.41, 5.74) is 1.34. The Kier molecular flexibility index (Phi) is 5.75. The van der Waals surface area contributed by atoms with Crippen LogP contribution < -0.4 is 10.1 Å². The molecule has 0 aliphatic rings. The number of sulfone groups is 1. The molecule has 3 aromatic rings. The number of carbonyl (C=O) groups is 1. The van der Waals surface area contributed by atoms with E-state index in [1.54, 1.807) is 48.5 Å². The number of anilines is 1. The van der Waals surface area contributed by atoms with E-state index in [9.17, 15) is 17.6 Å². The van der Waals surface area contributed by atoms with Crippen molar-refractivity contribution in [2.24, 2.45) is 0 Å². The van der Waals surface area contributed by atoms with Gasteiger partial charge in [-0.2, -0.15) is 0 Å². The van der Waals surface area contributed by atoms with Gasteiger partial charge < -0.3 is 10.1 Å². The van der Waals surface area contributed by atoms with Crippen LogP contribution in [-0.4, -0.2) is 20.6 Å². The van der Waals surface area contributed by atoms with Gasteiger partial charge in [0, 0.05) is 18.0 Å². The van der Waals surface area contributed by atoms with E-state index in [2.05, 4.69) is 5.32 Å². The van der Waals surface area contributed by atoms with Gasteiger partial charge in [0.25, 0.3) is 5.91 Å². The molecule has 144 valence electrons. The highest BCUT2D eigenvalue weighted by molar-refractivity contribution is 7.90. The number of carbonyl (C=O) groups excluding carboxylic acids is 1. The topological polar surface area (TPSA) is 72.5 Å². The predicted octanol–water partition coefficient (Wildman–Crippen LogP) is 4.06. The lowest BCUT2D eigenvalue weighted by Gasteiger charge is -2.11. The van der Waals surface area contributed by atoms with Crippen molar-refractivity contribution in [2.45, 2.75) is 11.5 Å². The van der Waals surface area contributed by atoms with Gasteiger partial charge in [-0.25, -0.2) is 12.8 Å². The summed E-state index contributed by atoms with van der Waals surface area (Å²) in [4.78, 5) is 12.5. The number of ether oxygens (including phenoxy) is 1. The van der Waals surface area contributed by atoms with Gasteiger partial charge in [0.2, 0.25) is 0 Å². The summed E-state index contributed by atoms with van der Waals surface area (Å²) in [6.45, 7) is 0.245. The largest absolute Gasteiger partial charge is 0.489 e. The number of hydrogen-bond donors (Lipinski definition) is 1. The predicted molar refractivity (Wildman–Crippen MR) is 105 cm³/mol. The molecule has 0 atom stereocenters. The number of amides is 1. The van der Waals surface area contributed by atoms with Crippen molar-refractivity contribution in [1.29, 1.82) is 0 Å². The van der Waals surface area contributed by atoms with Crippen LogP contribution in [0.15, 0.2) is 77.7 Å². The highest BCUT2D eigenvalue weighted by Gasteiger charge is 2.18. The fraction of sp³-hybridized carbons (Fsp3) is 0.0952. The van der Waals surface area contributed by atoms with Crippen molar-refractivity contribution in [3.8, 4) is 5.75 Å². The lowest BCUT2D eigenvalue weighted by Crippen LogP contribution is -2.16. The molecule has 1 N–H and O–H groups in total. The van der Waals surface area contributed by atoms with Gasteiger partial charge in [0.05, 0.1) is 10.5 Å². The van der Waals surface area contributed by atoms with Crippen molar-refractivity contribution in [3.63, 3.8) is 0 Å². The smallest absolute Gasteiger partial charge is 0.256 e. The number of halogens is 1. The number of benzene rings is 3. The van der Waals surface area contributed by atoms with Crippen LogP contribution in [-0.2, 0) is 16.4 Å². The average Bonchev–Trinajstić information content (AvgIpc) is 2.67. The molecule has 0 aromatic heterocycles. The summed E-state index contributed by atoms with van der Waals surface area (Å²) in [5.74, 6) is -0.335. The van der Waals surface area contributed by atoms with Crippen LogP contribution >= 0.6 is 0 Å². The van der Waals surface area contributed by atoms with Gasteiger partial charge in [0.1, 0.15) is 18.2 Å². The molecule has 0 saturated heterocycles. The number of rotatable bonds is 6. The Labute approximate surface area is 162 Å². The lowest BCUT2D eigenvalue weighted by molar-refractivity contribution is 0.102. The number of nitrogens with one attached hydrogen (secondary N) is 1. The highest BCUT2D eigenvalue weighted by atomic mass is 32.2. The van der Waals surface area contributed by atoms with Crippen molar-refractivity contribution in [2.75, 3.05) is 11.6 Å². The summed E-state index contributed by atoms with van der Waals surface area (Å²) < 4.78 is 42.4. The molecule has 0 aliphatic heterocycles. The van der Waals surface area contributed by atoms with E-state index in [0.717, 1.165) is 11.8 Å². The molecule has 0 fully saturated rings. The molecule has 0 unspecified atom stereocenters. The summed E-state index contributed by atoms with van der Waals surface area (Å²) in [6.07, 6.45) is 1.06. The third-order valence-electron chi connectivity index (χ3n) is 3.94. The van der Waals surface area contributed by atoms with Crippen molar-refractivity contribution < 1.29 is 22.3 Å². The third-order valence-corrected chi connectivity index (χ3v) is 5.10. The van der Waals surface area contributed by atoms with Gasteiger partial charge in [0.15, 0.2) is 9.84 Å². The molecule has 7 heteroatoms. The maximum Gasteiger partial charge on any atom is 0.256 e. The molecule has 0 spiro atoms. The first-order valence-electron chi connectivity index (χ1n) is 8.41. The van der Waals surface area contributed by atoms with E-state index < -0.39 is 15.7 Å². The molecule has 0 radical (unpaired) electrons. The quantitative estimate of drug-likeness (QED) is 0.678. The molecule has 0 saturated carbocycles. The van der Waals surface area contributed by atoms with Gasteiger partial charge in [-0.3, -0.25) is 4.79 Å². The SMILES string of the molecule is CS(=O)(=O)c1ccccc1C(=O)Nc1cccc(OCc2ccc(F)cc2)c1. The minimum absolute atomic E-state index is 0.0313. The Bertz CT molecular complexity index is 1100. The zero-order valence-electron chi connectivity index (χ0n) is 15.1. The minimum Gasteiger partial charge on any atom is -0.489 e. The second-order valence-corrected chi connectivity index (χ2v) is 8.15. The van der Waals surface area contributed by atoms with E-state index in [-0.39, 0.29) is 22.9 Å². The van der Waals surface area contributed by atoms with E-state index in [1.165, 1.54) is 24.3 Å². The fourth-order valence-electron chi connectivity index (χ4n) is 2.59. The van der Waals surface area contributed by atoms with Crippen LogP contribution in [0, 0.1) is 5.82 Å². The standard InChI is InChI=1S/C21H18FNO4S/c1-28(25,26)20-8-3-2-7-19(20)21(24)23-17-5-4-6-18(13-17)27-14-15-9-11-16(22)12-10-15/h2-13H,14H2,1H3,(H,23,24). The van der Waals surface area contributed by atoms with Crippen molar-refractivity contribution >= 4 is 21.4 Å². The maximum atomic E-state index is 12.9. The molecular weight excluding hydrogens is 381 g/mol. The van der Waals surface area contributed by atoms with Crippen molar-refractivity contribution in [1.82, 2.24) is 0 Å². The first kappa shape index (κ1) is 19.6. The van der Waals surface area contributed by atoms with Crippen LogP contribution in [0.1, 0.15) is 15.9 Å². The Morgan fingerprint density at radius 1 is 1.00 bits per heavy atom. The summed E-state index contributed by atoms with van der Waals surface area (Å²) in [5, 5.41) is 2.68. The molecular formula is C21H18FNO4S. The van der Waals surface area contributed by atoms with Crippen molar-refractivity contribution in [3.05, 3.63) is 89.7 Å². The van der Waals surface area contributed by atoms with Gasteiger partial charge in [-0.1, -0.05) is 30.3 Å². The van der Waals surface area contributed by atoms with E-state index in [1.807, 2.05) is 0 Å². The number of hydrogen-bond acceptors (Lipinski definition) is 4. The Morgan fingerprint density at radius 2 is 1.71 bits per heavy atom. The second-order valence-electron chi connectivity index (χ2n) is 6.17. The molecule has 5 nitrogen and oxygen atoms in total. The third kappa shape index (κ3) is 4.95. The highest BCUT2D eigenvalue weighted by Crippen LogP contribution is 2.21. The summed E-state index contributed by atoms with van der Waals surface area (Å²) >= 11 is 0. The maximum absolute atomic E-state index is 12.9. The summed E-state index contributed by atoms with van der Waals surface area (Å²) in [6, 6.07) is 18.7. The first-order chi connectivity index (χ1) is 13.3. The average molecular weight is 399 g/mol. The zero-order chi connectivity index (χ0) is 20.1. The van der Waals surface area contributed by atoms with Gasteiger partial charge >= 0.3 is 0 Å². The Balaban J connectivity index is 1.73. The molecule has 0 bridgehead atoms.